The van der Waals surface area contributed by atoms with Gasteiger partial charge < -0.3 is 15.1 Å². The largest absolute Gasteiger partial charge is 0.465 e. The minimum absolute atomic E-state index is 0.0623. The van der Waals surface area contributed by atoms with Crippen LogP contribution in [-0.2, 0) is 11.8 Å². The lowest BCUT2D eigenvalue weighted by Crippen LogP contribution is -2.32. The molecule has 0 aliphatic heterocycles. The van der Waals surface area contributed by atoms with E-state index < -0.39 is 11.8 Å². The van der Waals surface area contributed by atoms with Gasteiger partial charge in [0.05, 0.1) is 17.6 Å². The van der Waals surface area contributed by atoms with Crippen LogP contribution in [-0.4, -0.2) is 21.2 Å². The van der Waals surface area contributed by atoms with Crippen molar-refractivity contribution < 1.29 is 14.0 Å². The van der Waals surface area contributed by atoms with Crippen LogP contribution < -0.4 is 16.2 Å². The summed E-state index contributed by atoms with van der Waals surface area (Å²) in [5, 5.41) is 5.28. The maximum absolute atomic E-state index is 13.2. The van der Waals surface area contributed by atoms with E-state index in [0.717, 1.165) is 0 Å². The van der Waals surface area contributed by atoms with Crippen molar-refractivity contribution in [1.29, 1.82) is 0 Å². The van der Waals surface area contributed by atoms with Gasteiger partial charge in [-0.3, -0.25) is 19.1 Å². The van der Waals surface area contributed by atoms with E-state index >= 15 is 0 Å². The molecule has 0 radical (unpaired) electrons. The molecule has 33 heavy (non-hydrogen) atoms. The molecule has 166 valence electrons. The third kappa shape index (κ3) is 4.54. The van der Waals surface area contributed by atoms with E-state index in [1.54, 1.807) is 73.3 Å². The molecule has 2 amide bonds. The highest BCUT2D eigenvalue weighted by atomic mass is 16.3. The molecule has 2 N–H and O–H groups in total. The van der Waals surface area contributed by atoms with Crippen LogP contribution >= 0.6 is 0 Å². The Bertz CT molecular complexity index is 1370. The van der Waals surface area contributed by atoms with Crippen LogP contribution in [0.5, 0.6) is 0 Å². The Morgan fingerprint density at radius 3 is 2.24 bits per heavy atom. The number of para-hydroxylation sites is 1. The van der Waals surface area contributed by atoms with Crippen LogP contribution in [0.4, 0.5) is 5.69 Å². The summed E-state index contributed by atoms with van der Waals surface area (Å²) in [5.41, 5.74) is 1.28. The van der Waals surface area contributed by atoms with Crippen LogP contribution in [0, 0.1) is 6.92 Å². The average Bonchev–Trinajstić information content (AvgIpc) is 3.42. The number of hydrogen-bond acceptors (Lipinski definition) is 4. The Morgan fingerprint density at radius 1 is 0.939 bits per heavy atom. The van der Waals surface area contributed by atoms with Gasteiger partial charge in [-0.2, -0.15) is 0 Å². The normalized spacial score (nSPS) is 11.3. The zero-order chi connectivity index (χ0) is 23.4. The predicted octanol–water partition coefficient (Wildman–Crippen LogP) is 3.49. The average molecular weight is 442 g/mol. The quantitative estimate of drug-likeness (QED) is 0.447. The number of benzene rings is 2. The number of carbonyl (C=O) groups is 2. The molecule has 4 rings (SSSR count). The van der Waals surface area contributed by atoms with Gasteiger partial charge in [-0.25, -0.2) is 4.68 Å². The van der Waals surface area contributed by atoms with Crippen molar-refractivity contribution >= 4 is 23.6 Å². The fraction of sp³-hybridized carbons (Fsp3) is 0.0800. The van der Waals surface area contributed by atoms with Gasteiger partial charge >= 0.3 is 0 Å². The molecule has 0 atom stereocenters. The molecule has 0 saturated heterocycles. The minimum atomic E-state index is -0.651. The van der Waals surface area contributed by atoms with Gasteiger partial charge in [0.15, 0.2) is 0 Å². The van der Waals surface area contributed by atoms with Crippen molar-refractivity contribution in [3.05, 3.63) is 112 Å². The summed E-state index contributed by atoms with van der Waals surface area (Å²) in [7, 11) is 1.73. The molecule has 2 heterocycles. The van der Waals surface area contributed by atoms with Crippen molar-refractivity contribution in [3.63, 3.8) is 0 Å². The molecule has 8 heteroatoms. The fourth-order valence-electron chi connectivity index (χ4n) is 3.35. The third-order valence-corrected chi connectivity index (χ3v) is 5.15. The second kappa shape index (κ2) is 9.27. The minimum Gasteiger partial charge on any atom is -0.465 e. The first-order valence-corrected chi connectivity index (χ1v) is 10.2. The zero-order valence-electron chi connectivity index (χ0n) is 18.1. The number of amides is 2. The molecule has 2 aromatic carbocycles. The maximum atomic E-state index is 13.2. The SMILES string of the molecule is Cc1c(NC(=O)C(=Cc2ccco2)NC(=O)c2ccccc2)c(=O)n(-c2ccccc2)n1C. The van der Waals surface area contributed by atoms with E-state index in [0.29, 0.717) is 22.7 Å². The molecular weight excluding hydrogens is 420 g/mol. The maximum Gasteiger partial charge on any atom is 0.295 e. The summed E-state index contributed by atoms with van der Waals surface area (Å²) in [5.74, 6) is -0.739. The van der Waals surface area contributed by atoms with Gasteiger partial charge in [0.25, 0.3) is 17.4 Å². The number of anilines is 1. The molecule has 0 aliphatic rings. The van der Waals surface area contributed by atoms with E-state index in [1.807, 2.05) is 18.2 Å². The molecule has 0 saturated carbocycles. The number of nitrogens with one attached hydrogen (secondary N) is 2. The van der Waals surface area contributed by atoms with E-state index in [4.69, 9.17) is 4.42 Å². The highest BCUT2D eigenvalue weighted by Crippen LogP contribution is 2.16. The van der Waals surface area contributed by atoms with Gasteiger partial charge in [0.2, 0.25) is 0 Å². The second-order valence-corrected chi connectivity index (χ2v) is 7.28. The van der Waals surface area contributed by atoms with Crippen LogP contribution in [0.25, 0.3) is 11.8 Å². The number of hydrogen-bond donors (Lipinski definition) is 2. The predicted molar refractivity (Wildman–Crippen MR) is 125 cm³/mol. The first kappa shape index (κ1) is 21.6. The number of rotatable bonds is 6. The summed E-state index contributed by atoms with van der Waals surface area (Å²) in [6, 6.07) is 20.9. The van der Waals surface area contributed by atoms with E-state index in [1.165, 1.54) is 17.0 Å². The highest BCUT2D eigenvalue weighted by molar-refractivity contribution is 6.10. The topological polar surface area (TPSA) is 98.3 Å². The molecule has 0 bridgehead atoms. The molecule has 0 aliphatic carbocycles. The van der Waals surface area contributed by atoms with Crippen LogP contribution in [0.2, 0.25) is 0 Å². The summed E-state index contributed by atoms with van der Waals surface area (Å²) in [6.45, 7) is 1.73. The van der Waals surface area contributed by atoms with E-state index in [2.05, 4.69) is 10.6 Å². The number of furan rings is 1. The number of aromatic nitrogens is 2. The summed E-state index contributed by atoms with van der Waals surface area (Å²) in [4.78, 5) is 39.0. The molecule has 8 nitrogen and oxygen atoms in total. The van der Waals surface area contributed by atoms with Crippen LogP contribution in [0.1, 0.15) is 21.8 Å². The molecule has 4 aromatic rings. The number of nitrogens with zero attached hydrogens (tertiary/aromatic N) is 2. The van der Waals surface area contributed by atoms with E-state index in [9.17, 15) is 14.4 Å². The van der Waals surface area contributed by atoms with Crippen molar-refractivity contribution in [2.45, 2.75) is 6.92 Å². The third-order valence-electron chi connectivity index (χ3n) is 5.15. The number of carbonyl (C=O) groups excluding carboxylic acids is 2. The summed E-state index contributed by atoms with van der Waals surface area (Å²) < 4.78 is 8.42. The lowest BCUT2D eigenvalue weighted by atomic mass is 10.2. The van der Waals surface area contributed by atoms with Crippen molar-refractivity contribution in [3.8, 4) is 5.69 Å². The lowest BCUT2D eigenvalue weighted by Gasteiger charge is -2.10. The van der Waals surface area contributed by atoms with Gasteiger partial charge in [-0.15, -0.1) is 0 Å². The monoisotopic (exact) mass is 442 g/mol. The van der Waals surface area contributed by atoms with Crippen molar-refractivity contribution in [2.75, 3.05) is 5.32 Å². The van der Waals surface area contributed by atoms with Crippen LogP contribution in [0.3, 0.4) is 0 Å². The molecular formula is C25H22N4O4. The first-order valence-electron chi connectivity index (χ1n) is 10.2. The standard InChI is InChI=1S/C25H22N4O4/c1-17-22(25(32)29(28(17)2)19-12-7-4-8-13-19)27-24(31)21(16-20-14-9-15-33-20)26-23(30)18-10-5-3-6-11-18/h3-16H,1-2H3,(H,26,30)(H,27,31). The summed E-state index contributed by atoms with van der Waals surface area (Å²) in [6.07, 6.45) is 2.87. The Morgan fingerprint density at radius 2 is 1.61 bits per heavy atom. The molecule has 0 unspecified atom stereocenters. The van der Waals surface area contributed by atoms with Gasteiger partial charge in [0.1, 0.15) is 17.1 Å². The van der Waals surface area contributed by atoms with Gasteiger partial charge in [-0.05, 0) is 43.3 Å². The Balaban J connectivity index is 1.67. The van der Waals surface area contributed by atoms with Gasteiger partial charge in [0, 0.05) is 18.7 Å². The highest BCUT2D eigenvalue weighted by Gasteiger charge is 2.21. The second-order valence-electron chi connectivity index (χ2n) is 7.28. The Labute approximate surface area is 189 Å². The first-order chi connectivity index (χ1) is 16.0. The molecule has 2 aromatic heterocycles. The smallest absolute Gasteiger partial charge is 0.295 e. The Hall–Kier alpha value is -4.59. The molecule has 0 fully saturated rings. The van der Waals surface area contributed by atoms with Gasteiger partial charge in [-0.1, -0.05) is 36.4 Å². The Kier molecular flexibility index (Phi) is 6.08. The van der Waals surface area contributed by atoms with Crippen LogP contribution in [0.15, 0.2) is 94.0 Å². The summed E-state index contributed by atoms with van der Waals surface area (Å²) >= 11 is 0. The lowest BCUT2D eigenvalue weighted by molar-refractivity contribution is -0.113. The van der Waals surface area contributed by atoms with Crippen molar-refractivity contribution in [2.24, 2.45) is 7.05 Å². The van der Waals surface area contributed by atoms with E-state index in [-0.39, 0.29) is 16.9 Å². The zero-order valence-corrected chi connectivity index (χ0v) is 18.1. The molecule has 0 spiro atoms. The fourth-order valence-corrected chi connectivity index (χ4v) is 3.35. The van der Waals surface area contributed by atoms with Crippen molar-refractivity contribution in [1.82, 2.24) is 14.7 Å².